The van der Waals surface area contributed by atoms with Crippen molar-refractivity contribution in [1.29, 1.82) is 0 Å². The predicted octanol–water partition coefficient (Wildman–Crippen LogP) is 5.27. The Morgan fingerprint density at radius 2 is 1.78 bits per heavy atom. The minimum atomic E-state index is -4.50. The van der Waals surface area contributed by atoms with Gasteiger partial charge in [0.05, 0.1) is 5.56 Å². The standard InChI is InChI=1S/C22H15F4N3O3/c23-15-6-1-3-12(9-15)11-28-21(30)18-19(29-32-20(18)27)17-8-7-16(31-17)13-4-2-5-14(10-13)22(24,25)26/h1-10H,11,27H2,(H,28,30). The number of anilines is 1. The zero-order chi connectivity index (χ0) is 22.9. The van der Waals surface area contributed by atoms with Gasteiger partial charge in [-0.3, -0.25) is 4.79 Å². The van der Waals surface area contributed by atoms with Crippen LogP contribution < -0.4 is 11.1 Å². The normalized spacial score (nSPS) is 11.5. The first-order valence-corrected chi connectivity index (χ1v) is 9.28. The monoisotopic (exact) mass is 445 g/mol. The number of rotatable bonds is 5. The molecule has 0 saturated carbocycles. The lowest BCUT2D eigenvalue weighted by atomic mass is 10.1. The lowest BCUT2D eigenvalue weighted by molar-refractivity contribution is -0.137. The molecule has 0 aliphatic carbocycles. The number of benzene rings is 2. The van der Waals surface area contributed by atoms with Crippen LogP contribution in [0.25, 0.3) is 22.8 Å². The molecule has 2 heterocycles. The summed E-state index contributed by atoms with van der Waals surface area (Å²) in [4.78, 5) is 12.7. The second-order valence-corrected chi connectivity index (χ2v) is 6.83. The summed E-state index contributed by atoms with van der Waals surface area (Å²) in [5.41, 5.74) is 5.52. The number of alkyl halides is 3. The summed E-state index contributed by atoms with van der Waals surface area (Å²) in [6.07, 6.45) is -4.50. The van der Waals surface area contributed by atoms with Gasteiger partial charge >= 0.3 is 6.18 Å². The molecule has 2 aromatic heterocycles. The second-order valence-electron chi connectivity index (χ2n) is 6.83. The molecule has 0 fully saturated rings. The van der Waals surface area contributed by atoms with E-state index in [4.69, 9.17) is 14.7 Å². The Balaban J connectivity index is 1.59. The van der Waals surface area contributed by atoms with Crippen molar-refractivity contribution >= 4 is 11.8 Å². The summed E-state index contributed by atoms with van der Waals surface area (Å²) in [5, 5.41) is 6.34. The number of nitrogen functional groups attached to an aromatic ring is 1. The van der Waals surface area contributed by atoms with Gasteiger partial charge in [-0.15, -0.1) is 0 Å². The zero-order valence-electron chi connectivity index (χ0n) is 16.2. The Labute approximate surface area is 178 Å². The highest BCUT2D eigenvalue weighted by molar-refractivity contribution is 6.03. The molecule has 2 aromatic carbocycles. The smallest absolute Gasteiger partial charge is 0.416 e. The third-order valence-electron chi connectivity index (χ3n) is 4.60. The summed E-state index contributed by atoms with van der Waals surface area (Å²) < 4.78 is 62.8. The van der Waals surface area contributed by atoms with Crippen LogP contribution in [0.5, 0.6) is 0 Å². The summed E-state index contributed by atoms with van der Waals surface area (Å²) >= 11 is 0. The fraction of sp³-hybridized carbons (Fsp3) is 0.0909. The molecule has 0 spiro atoms. The Morgan fingerprint density at radius 1 is 1.03 bits per heavy atom. The van der Waals surface area contributed by atoms with E-state index < -0.39 is 23.5 Å². The van der Waals surface area contributed by atoms with Crippen LogP contribution in [-0.2, 0) is 12.7 Å². The van der Waals surface area contributed by atoms with Gasteiger partial charge in [0.15, 0.2) is 11.5 Å². The molecule has 0 radical (unpaired) electrons. The molecule has 6 nitrogen and oxygen atoms in total. The molecule has 10 heteroatoms. The lowest BCUT2D eigenvalue weighted by Crippen LogP contribution is -2.23. The molecule has 0 aliphatic heterocycles. The van der Waals surface area contributed by atoms with E-state index in [0.29, 0.717) is 5.56 Å². The first kappa shape index (κ1) is 21.2. The van der Waals surface area contributed by atoms with Gasteiger partial charge in [0, 0.05) is 12.1 Å². The number of carbonyl (C=O) groups excluding carboxylic acids is 1. The van der Waals surface area contributed by atoms with Gasteiger partial charge < -0.3 is 20.0 Å². The first-order chi connectivity index (χ1) is 15.2. The summed E-state index contributed by atoms with van der Waals surface area (Å²) in [7, 11) is 0. The number of aromatic nitrogens is 1. The largest absolute Gasteiger partial charge is 0.454 e. The van der Waals surface area contributed by atoms with Crippen LogP contribution in [0.1, 0.15) is 21.5 Å². The van der Waals surface area contributed by atoms with Crippen molar-refractivity contribution in [3.63, 3.8) is 0 Å². The maximum atomic E-state index is 13.3. The van der Waals surface area contributed by atoms with E-state index >= 15 is 0 Å². The molecule has 32 heavy (non-hydrogen) atoms. The number of amides is 1. The molecule has 0 unspecified atom stereocenters. The van der Waals surface area contributed by atoms with E-state index in [1.165, 1.54) is 42.5 Å². The molecule has 3 N–H and O–H groups in total. The second kappa shape index (κ2) is 8.22. The topological polar surface area (TPSA) is 94.3 Å². The number of hydrogen-bond donors (Lipinski definition) is 2. The van der Waals surface area contributed by atoms with Crippen molar-refractivity contribution in [2.24, 2.45) is 0 Å². The van der Waals surface area contributed by atoms with Crippen LogP contribution in [0.4, 0.5) is 23.4 Å². The number of hydrogen-bond acceptors (Lipinski definition) is 5. The van der Waals surface area contributed by atoms with Crippen LogP contribution in [0.3, 0.4) is 0 Å². The molecule has 0 bridgehead atoms. The SMILES string of the molecule is Nc1onc(-c2ccc(-c3cccc(C(F)(F)F)c3)o2)c1C(=O)NCc1cccc(F)c1. The fourth-order valence-electron chi connectivity index (χ4n) is 3.08. The maximum Gasteiger partial charge on any atom is 0.416 e. The molecule has 0 atom stereocenters. The fourth-order valence-corrected chi connectivity index (χ4v) is 3.08. The average Bonchev–Trinajstić information content (AvgIpc) is 3.38. The van der Waals surface area contributed by atoms with Crippen molar-refractivity contribution in [3.05, 3.63) is 83.2 Å². The highest BCUT2D eigenvalue weighted by Crippen LogP contribution is 2.35. The zero-order valence-corrected chi connectivity index (χ0v) is 16.2. The third kappa shape index (κ3) is 4.34. The average molecular weight is 445 g/mol. The van der Waals surface area contributed by atoms with Gasteiger partial charge in [-0.2, -0.15) is 13.2 Å². The Kier molecular flexibility index (Phi) is 5.43. The maximum absolute atomic E-state index is 13.3. The number of nitrogens with one attached hydrogen (secondary N) is 1. The predicted molar refractivity (Wildman–Crippen MR) is 107 cm³/mol. The highest BCUT2D eigenvalue weighted by atomic mass is 19.4. The van der Waals surface area contributed by atoms with Crippen molar-refractivity contribution in [3.8, 4) is 22.8 Å². The van der Waals surface area contributed by atoms with Crippen molar-refractivity contribution in [2.75, 3.05) is 5.73 Å². The lowest BCUT2D eigenvalue weighted by Gasteiger charge is -2.07. The number of nitrogens with zero attached hydrogens (tertiary/aromatic N) is 1. The number of furan rings is 1. The molecule has 4 aromatic rings. The van der Waals surface area contributed by atoms with Crippen molar-refractivity contribution < 1.29 is 31.3 Å². The summed E-state index contributed by atoms with van der Waals surface area (Å²) in [5.74, 6) is -1.14. The molecular weight excluding hydrogens is 430 g/mol. The quantitative estimate of drug-likeness (QED) is 0.408. The van der Waals surface area contributed by atoms with Gasteiger partial charge in [0.25, 0.3) is 5.91 Å². The van der Waals surface area contributed by atoms with E-state index in [-0.39, 0.29) is 40.8 Å². The molecule has 1 amide bonds. The van der Waals surface area contributed by atoms with E-state index in [1.807, 2.05) is 0 Å². The van der Waals surface area contributed by atoms with Crippen LogP contribution >= 0.6 is 0 Å². The Hall–Kier alpha value is -4.08. The van der Waals surface area contributed by atoms with Crippen LogP contribution in [0, 0.1) is 5.82 Å². The number of nitrogens with two attached hydrogens (primary N) is 1. The number of carbonyl (C=O) groups is 1. The molecule has 164 valence electrons. The van der Waals surface area contributed by atoms with Crippen molar-refractivity contribution in [1.82, 2.24) is 10.5 Å². The van der Waals surface area contributed by atoms with Gasteiger partial charge in [-0.05, 0) is 42.0 Å². The Morgan fingerprint density at radius 3 is 2.53 bits per heavy atom. The van der Waals surface area contributed by atoms with E-state index in [9.17, 15) is 22.4 Å². The van der Waals surface area contributed by atoms with E-state index in [1.54, 1.807) is 6.07 Å². The molecular formula is C22H15F4N3O3. The first-order valence-electron chi connectivity index (χ1n) is 9.28. The Bertz CT molecular complexity index is 1280. The van der Waals surface area contributed by atoms with Gasteiger partial charge in [-0.25, -0.2) is 4.39 Å². The molecule has 0 aliphatic rings. The number of halogens is 4. The minimum Gasteiger partial charge on any atom is -0.454 e. The summed E-state index contributed by atoms with van der Waals surface area (Å²) in [6.45, 7) is 0.0221. The van der Waals surface area contributed by atoms with Crippen LogP contribution in [-0.4, -0.2) is 11.1 Å². The van der Waals surface area contributed by atoms with Crippen molar-refractivity contribution in [2.45, 2.75) is 12.7 Å². The van der Waals surface area contributed by atoms with E-state index in [0.717, 1.165) is 12.1 Å². The van der Waals surface area contributed by atoms with Crippen LogP contribution in [0.2, 0.25) is 0 Å². The molecule has 4 rings (SSSR count). The van der Waals surface area contributed by atoms with Gasteiger partial charge in [-0.1, -0.05) is 29.4 Å². The van der Waals surface area contributed by atoms with Gasteiger partial charge in [0.2, 0.25) is 5.88 Å². The molecule has 0 saturated heterocycles. The third-order valence-corrected chi connectivity index (χ3v) is 4.60. The summed E-state index contributed by atoms with van der Waals surface area (Å²) in [6, 6.07) is 13.2. The van der Waals surface area contributed by atoms with E-state index in [2.05, 4.69) is 10.5 Å². The van der Waals surface area contributed by atoms with Crippen LogP contribution in [0.15, 0.2) is 69.6 Å². The minimum absolute atomic E-state index is 0.0162. The van der Waals surface area contributed by atoms with Gasteiger partial charge in [0.1, 0.15) is 17.1 Å². The highest BCUT2D eigenvalue weighted by Gasteiger charge is 2.31.